The van der Waals surface area contributed by atoms with Gasteiger partial charge in [0.15, 0.2) is 5.76 Å². The normalized spacial score (nSPS) is 11.5. The average Bonchev–Trinajstić information content (AvgIpc) is 3.71. The van der Waals surface area contributed by atoms with Crippen molar-refractivity contribution in [1.29, 1.82) is 0 Å². The molecular formula is C49H31NO. The molecule has 0 amide bonds. The SMILES string of the molecule is c1ccc(-c2cnc(-c3cc(-c4ccccc4-c4ccccc4)c4ccc5ccc(-c6ccccc6-c6ccccc6)c6ccc3c4c56)o2)cc1. The molecule has 0 fully saturated rings. The molecule has 10 aromatic rings. The topological polar surface area (TPSA) is 26.0 Å². The van der Waals surface area contributed by atoms with Crippen LogP contribution < -0.4 is 0 Å². The van der Waals surface area contributed by atoms with E-state index >= 15 is 0 Å². The lowest BCUT2D eigenvalue weighted by atomic mass is 9.83. The molecule has 0 aliphatic carbocycles. The number of oxazole rings is 1. The van der Waals surface area contributed by atoms with Crippen LogP contribution in [-0.2, 0) is 0 Å². The van der Waals surface area contributed by atoms with Gasteiger partial charge in [-0.1, -0.05) is 176 Å². The molecule has 10 rings (SSSR count). The number of hydrogen-bond acceptors (Lipinski definition) is 2. The summed E-state index contributed by atoms with van der Waals surface area (Å²) in [6.45, 7) is 0. The van der Waals surface area contributed by atoms with Crippen LogP contribution in [0.25, 0.3) is 99.6 Å². The molecule has 0 saturated carbocycles. The first-order chi connectivity index (χ1) is 25.3. The number of hydrogen-bond donors (Lipinski definition) is 0. The highest BCUT2D eigenvalue weighted by molar-refractivity contribution is 6.30. The third kappa shape index (κ3) is 4.84. The Morgan fingerprint density at radius 2 is 0.804 bits per heavy atom. The third-order valence-electron chi connectivity index (χ3n) is 10.2. The molecule has 0 atom stereocenters. The quantitative estimate of drug-likeness (QED) is 0.168. The van der Waals surface area contributed by atoms with Crippen LogP contribution in [0.1, 0.15) is 0 Å². The zero-order valence-electron chi connectivity index (χ0n) is 27.8. The lowest BCUT2D eigenvalue weighted by Crippen LogP contribution is -1.94. The molecule has 9 aromatic carbocycles. The number of benzene rings is 9. The Morgan fingerprint density at radius 3 is 1.43 bits per heavy atom. The Balaban J connectivity index is 1.29. The fourth-order valence-corrected chi connectivity index (χ4v) is 7.84. The van der Waals surface area contributed by atoms with Crippen LogP contribution in [0.4, 0.5) is 0 Å². The van der Waals surface area contributed by atoms with E-state index in [0.29, 0.717) is 5.89 Å². The Labute approximate surface area is 296 Å². The molecule has 0 saturated heterocycles. The van der Waals surface area contributed by atoms with E-state index in [4.69, 9.17) is 9.40 Å². The minimum atomic E-state index is 0.611. The van der Waals surface area contributed by atoms with E-state index in [1.165, 1.54) is 65.9 Å². The standard InChI is InChI=1S/C49H31NO/c1-4-14-32(15-5-1)36-20-10-12-22-38(36)40-26-24-35-25-27-42-44(39-23-13-11-21-37(39)33-16-6-2-7-17-33)30-45(43-29-28-41(40)47(35)48(42)43)49-50-31-46(51-49)34-18-8-3-9-19-34/h1-31H. The number of nitrogens with zero attached hydrogens (tertiary/aromatic N) is 1. The minimum absolute atomic E-state index is 0.611. The molecule has 0 N–H and O–H groups in total. The Bertz CT molecular complexity index is 2830. The van der Waals surface area contributed by atoms with Gasteiger partial charge in [0.1, 0.15) is 0 Å². The first-order valence-corrected chi connectivity index (χ1v) is 17.4. The van der Waals surface area contributed by atoms with Crippen LogP contribution >= 0.6 is 0 Å². The first-order valence-electron chi connectivity index (χ1n) is 17.4. The van der Waals surface area contributed by atoms with E-state index in [2.05, 4.69) is 164 Å². The van der Waals surface area contributed by atoms with Crippen molar-refractivity contribution >= 4 is 32.3 Å². The molecule has 0 unspecified atom stereocenters. The van der Waals surface area contributed by atoms with Crippen LogP contribution in [0, 0.1) is 0 Å². The van der Waals surface area contributed by atoms with Crippen molar-refractivity contribution in [2.75, 3.05) is 0 Å². The summed E-state index contributed by atoms with van der Waals surface area (Å²) in [6.07, 6.45) is 1.85. The van der Waals surface area contributed by atoms with E-state index in [1.54, 1.807) is 0 Å². The second-order valence-corrected chi connectivity index (χ2v) is 13.1. The fourth-order valence-electron chi connectivity index (χ4n) is 7.84. The van der Waals surface area contributed by atoms with Crippen LogP contribution in [0.3, 0.4) is 0 Å². The van der Waals surface area contributed by atoms with Gasteiger partial charge in [-0.15, -0.1) is 0 Å². The summed E-state index contributed by atoms with van der Waals surface area (Å²) in [5.74, 6) is 1.36. The van der Waals surface area contributed by atoms with Gasteiger partial charge in [-0.2, -0.15) is 0 Å². The predicted octanol–water partition coefficient (Wildman–Crippen LogP) is 13.6. The van der Waals surface area contributed by atoms with Crippen molar-refractivity contribution in [3.63, 3.8) is 0 Å². The molecule has 0 bridgehead atoms. The van der Waals surface area contributed by atoms with Gasteiger partial charge in [0.2, 0.25) is 5.89 Å². The van der Waals surface area contributed by atoms with Crippen LogP contribution in [-0.4, -0.2) is 4.98 Å². The molecule has 0 aliphatic rings. The van der Waals surface area contributed by atoms with E-state index < -0.39 is 0 Å². The summed E-state index contributed by atoms with van der Waals surface area (Å²) in [5, 5.41) is 7.24. The van der Waals surface area contributed by atoms with Gasteiger partial charge in [0, 0.05) is 11.1 Å². The van der Waals surface area contributed by atoms with Crippen molar-refractivity contribution < 1.29 is 4.42 Å². The van der Waals surface area contributed by atoms with Crippen molar-refractivity contribution in [3.8, 4) is 67.3 Å². The molecule has 2 nitrogen and oxygen atoms in total. The zero-order valence-corrected chi connectivity index (χ0v) is 27.8. The highest BCUT2D eigenvalue weighted by Crippen LogP contribution is 2.48. The molecule has 0 spiro atoms. The second kappa shape index (κ2) is 12.0. The lowest BCUT2D eigenvalue weighted by Gasteiger charge is -2.20. The summed E-state index contributed by atoms with van der Waals surface area (Å²) in [5.41, 5.74) is 11.5. The van der Waals surface area contributed by atoms with Crippen molar-refractivity contribution in [2.24, 2.45) is 0 Å². The van der Waals surface area contributed by atoms with E-state index in [1.807, 2.05) is 24.4 Å². The third-order valence-corrected chi connectivity index (χ3v) is 10.2. The maximum absolute atomic E-state index is 6.60. The first kappa shape index (κ1) is 29.2. The van der Waals surface area contributed by atoms with Crippen LogP contribution in [0.5, 0.6) is 0 Å². The molecule has 1 aromatic heterocycles. The van der Waals surface area contributed by atoms with E-state index in [9.17, 15) is 0 Å². The largest absolute Gasteiger partial charge is 0.436 e. The molecule has 238 valence electrons. The molecule has 0 aliphatic heterocycles. The number of aromatic nitrogens is 1. The monoisotopic (exact) mass is 649 g/mol. The second-order valence-electron chi connectivity index (χ2n) is 13.1. The highest BCUT2D eigenvalue weighted by atomic mass is 16.4. The summed E-state index contributed by atoms with van der Waals surface area (Å²) in [7, 11) is 0. The van der Waals surface area contributed by atoms with Gasteiger partial charge in [0.25, 0.3) is 0 Å². The van der Waals surface area contributed by atoms with Gasteiger partial charge in [-0.25, -0.2) is 4.98 Å². The summed E-state index contributed by atoms with van der Waals surface area (Å²) >= 11 is 0. The molecular weight excluding hydrogens is 619 g/mol. The summed E-state index contributed by atoms with van der Waals surface area (Å²) < 4.78 is 6.60. The molecule has 2 heteroatoms. The van der Waals surface area contributed by atoms with Gasteiger partial charge < -0.3 is 4.42 Å². The van der Waals surface area contributed by atoms with Crippen molar-refractivity contribution in [3.05, 3.63) is 188 Å². The fraction of sp³-hybridized carbons (Fsp3) is 0. The Kier molecular flexibility index (Phi) is 6.85. The highest BCUT2D eigenvalue weighted by Gasteiger charge is 2.22. The van der Waals surface area contributed by atoms with Gasteiger partial charge >= 0.3 is 0 Å². The van der Waals surface area contributed by atoms with Gasteiger partial charge in [-0.05, 0) is 82.9 Å². The van der Waals surface area contributed by atoms with Crippen LogP contribution in [0.2, 0.25) is 0 Å². The summed E-state index contributed by atoms with van der Waals surface area (Å²) in [6, 6.07) is 65.0. The minimum Gasteiger partial charge on any atom is -0.436 e. The lowest BCUT2D eigenvalue weighted by molar-refractivity contribution is 0.589. The zero-order chi connectivity index (χ0) is 33.7. The van der Waals surface area contributed by atoms with Crippen molar-refractivity contribution in [2.45, 2.75) is 0 Å². The molecule has 51 heavy (non-hydrogen) atoms. The van der Waals surface area contributed by atoms with Crippen molar-refractivity contribution in [1.82, 2.24) is 4.98 Å². The Hall–Kier alpha value is -6.77. The van der Waals surface area contributed by atoms with E-state index in [-0.39, 0.29) is 0 Å². The smallest absolute Gasteiger partial charge is 0.227 e. The van der Waals surface area contributed by atoms with Crippen LogP contribution in [0.15, 0.2) is 193 Å². The molecule has 0 radical (unpaired) electrons. The maximum atomic E-state index is 6.60. The number of rotatable bonds is 6. The predicted molar refractivity (Wildman–Crippen MR) is 213 cm³/mol. The maximum Gasteiger partial charge on any atom is 0.227 e. The Morgan fingerprint density at radius 1 is 0.333 bits per heavy atom. The molecule has 1 heterocycles. The summed E-state index contributed by atoms with van der Waals surface area (Å²) in [4.78, 5) is 4.90. The van der Waals surface area contributed by atoms with E-state index in [0.717, 1.165) is 27.8 Å². The van der Waals surface area contributed by atoms with Gasteiger partial charge in [-0.3, -0.25) is 0 Å². The average molecular weight is 650 g/mol. The van der Waals surface area contributed by atoms with Gasteiger partial charge in [0.05, 0.1) is 6.20 Å².